The van der Waals surface area contributed by atoms with Gasteiger partial charge >= 0.3 is 6.03 Å². The molecule has 3 N–H and O–H groups in total. The number of nitrogens with one attached hydrogen (secondary N) is 3. The molecule has 34 heavy (non-hydrogen) atoms. The summed E-state index contributed by atoms with van der Waals surface area (Å²) in [7, 11) is -2.46. The number of fused-ring (bicyclic) bond motifs is 1. The Hall–Kier alpha value is -3.11. The summed E-state index contributed by atoms with van der Waals surface area (Å²) in [5.74, 6) is -0.733. The van der Waals surface area contributed by atoms with Crippen molar-refractivity contribution < 1.29 is 17.6 Å². The molecule has 0 radical (unpaired) electrons. The zero-order chi connectivity index (χ0) is 24.5. The van der Waals surface area contributed by atoms with E-state index in [9.17, 15) is 22.4 Å². The Labute approximate surface area is 210 Å². The smallest absolute Gasteiger partial charge is 0.335 e. The van der Waals surface area contributed by atoms with Gasteiger partial charge in [-0.05, 0) is 35.7 Å². The molecule has 176 valence electrons. The second-order valence-electron chi connectivity index (χ2n) is 6.84. The third-order valence-electron chi connectivity index (χ3n) is 4.66. The van der Waals surface area contributed by atoms with Crippen LogP contribution in [0.1, 0.15) is 4.88 Å². The van der Waals surface area contributed by atoms with Crippen molar-refractivity contribution in [2.75, 3.05) is 17.7 Å². The standard InChI is InChI=1S/C20H16FIN6O4S2/c1-23-16-6-11-4-5-28(18(29)14(11)7-15(16)21)12-9-24-19(25-10-12)26-20(30)27-34(31,32)17-3-2-13(8-22)33-17/h2-7,9-10,23H,8H2,1H3,(H2,24,25,26,27,30). The molecule has 0 aliphatic rings. The number of pyridine rings is 1. The molecule has 1 aromatic carbocycles. The van der Waals surface area contributed by atoms with E-state index in [0.717, 1.165) is 22.3 Å². The molecule has 0 unspecified atom stereocenters. The van der Waals surface area contributed by atoms with E-state index in [1.165, 1.54) is 35.3 Å². The predicted molar refractivity (Wildman–Crippen MR) is 136 cm³/mol. The maximum atomic E-state index is 14.1. The summed E-state index contributed by atoms with van der Waals surface area (Å²) in [5, 5.41) is 5.69. The SMILES string of the molecule is CNc1cc2ccn(-c3cnc(NC(=O)NS(=O)(=O)c4ccc(CI)s4)nc3)c(=O)c2cc1F. The van der Waals surface area contributed by atoms with Crippen LogP contribution in [0.2, 0.25) is 0 Å². The van der Waals surface area contributed by atoms with E-state index in [1.54, 1.807) is 19.2 Å². The zero-order valence-corrected chi connectivity index (χ0v) is 21.2. The maximum Gasteiger partial charge on any atom is 0.335 e. The van der Waals surface area contributed by atoms with Gasteiger partial charge in [0.25, 0.3) is 15.6 Å². The summed E-state index contributed by atoms with van der Waals surface area (Å²) in [5.41, 5.74) is 0.0655. The molecule has 0 saturated carbocycles. The highest BCUT2D eigenvalue weighted by molar-refractivity contribution is 14.1. The van der Waals surface area contributed by atoms with Gasteiger partial charge in [0.2, 0.25) is 5.95 Å². The fraction of sp³-hybridized carbons (Fsp3) is 0.100. The van der Waals surface area contributed by atoms with Crippen molar-refractivity contribution in [3.63, 3.8) is 0 Å². The van der Waals surface area contributed by atoms with Crippen LogP contribution >= 0.6 is 33.9 Å². The Balaban J connectivity index is 1.52. The van der Waals surface area contributed by atoms with E-state index < -0.39 is 27.4 Å². The van der Waals surface area contributed by atoms with Crippen LogP contribution in [0, 0.1) is 5.82 Å². The van der Waals surface area contributed by atoms with Crippen molar-refractivity contribution in [3.8, 4) is 5.69 Å². The van der Waals surface area contributed by atoms with E-state index in [1.807, 2.05) is 4.72 Å². The molecule has 10 nitrogen and oxygen atoms in total. The number of nitrogens with zero attached hydrogens (tertiary/aromatic N) is 3. The molecule has 2 amide bonds. The van der Waals surface area contributed by atoms with Crippen LogP contribution in [0.25, 0.3) is 16.5 Å². The van der Waals surface area contributed by atoms with Gasteiger partial charge in [0.05, 0.1) is 29.2 Å². The van der Waals surface area contributed by atoms with Crippen LogP contribution in [-0.2, 0) is 14.5 Å². The van der Waals surface area contributed by atoms with Crippen molar-refractivity contribution in [2.45, 2.75) is 8.64 Å². The zero-order valence-electron chi connectivity index (χ0n) is 17.4. The second-order valence-corrected chi connectivity index (χ2v) is 10.7. The number of sulfonamides is 1. The number of hydrogen-bond donors (Lipinski definition) is 3. The number of amides is 2. The van der Waals surface area contributed by atoms with Crippen molar-refractivity contribution in [3.05, 3.63) is 70.0 Å². The summed E-state index contributed by atoms with van der Waals surface area (Å²) in [6.45, 7) is 0. The van der Waals surface area contributed by atoms with Gasteiger partial charge in [-0.3, -0.25) is 14.7 Å². The van der Waals surface area contributed by atoms with Gasteiger partial charge in [-0.1, -0.05) is 22.6 Å². The lowest BCUT2D eigenvalue weighted by Gasteiger charge is -2.10. The first-order chi connectivity index (χ1) is 16.2. The first-order valence-electron chi connectivity index (χ1n) is 9.55. The molecule has 4 aromatic rings. The highest BCUT2D eigenvalue weighted by Gasteiger charge is 2.20. The van der Waals surface area contributed by atoms with Crippen LogP contribution in [0.3, 0.4) is 0 Å². The van der Waals surface area contributed by atoms with E-state index >= 15 is 0 Å². The van der Waals surface area contributed by atoms with Gasteiger partial charge < -0.3 is 5.32 Å². The lowest BCUT2D eigenvalue weighted by molar-refractivity contribution is 0.256. The molecule has 0 saturated heterocycles. The second kappa shape index (κ2) is 9.63. The summed E-state index contributed by atoms with van der Waals surface area (Å²) in [4.78, 5) is 33.8. The molecule has 4 rings (SSSR count). The van der Waals surface area contributed by atoms with Gasteiger partial charge in [0.1, 0.15) is 10.0 Å². The van der Waals surface area contributed by atoms with E-state index in [-0.39, 0.29) is 26.9 Å². The number of thiophene rings is 1. The normalized spacial score (nSPS) is 11.4. The minimum atomic E-state index is -4.04. The predicted octanol–water partition coefficient (Wildman–Crippen LogP) is 3.47. The van der Waals surface area contributed by atoms with Gasteiger partial charge in [-0.15, -0.1) is 11.3 Å². The fourth-order valence-electron chi connectivity index (χ4n) is 3.04. The third-order valence-corrected chi connectivity index (χ3v) is 8.91. The molecule has 0 fully saturated rings. The van der Waals surface area contributed by atoms with E-state index in [0.29, 0.717) is 9.81 Å². The number of hydrogen-bond acceptors (Lipinski definition) is 8. The molecule has 0 aliphatic carbocycles. The summed E-state index contributed by atoms with van der Waals surface area (Å²) in [6, 6.07) is 6.40. The molecule has 14 heteroatoms. The monoisotopic (exact) mass is 614 g/mol. The molecule has 3 heterocycles. The molecular weight excluding hydrogens is 598 g/mol. The summed E-state index contributed by atoms with van der Waals surface area (Å²) >= 11 is 3.18. The quantitative estimate of drug-likeness (QED) is 0.224. The lowest BCUT2D eigenvalue weighted by atomic mass is 10.1. The Kier molecular flexibility index (Phi) is 6.81. The molecule has 0 bridgehead atoms. The van der Waals surface area contributed by atoms with Crippen LogP contribution in [0.4, 0.5) is 20.8 Å². The number of alkyl halides is 1. The summed E-state index contributed by atoms with van der Waals surface area (Å²) < 4.78 is 42.6. The number of rotatable bonds is 6. The van der Waals surface area contributed by atoms with Crippen molar-refractivity contribution in [1.82, 2.24) is 19.3 Å². The first kappa shape index (κ1) is 24.0. The highest BCUT2D eigenvalue weighted by Crippen LogP contribution is 2.23. The Bertz CT molecular complexity index is 1550. The number of halogens is 2. The Morgan fingerprint density at radius 3 is 2.59 bits per heavy atom. The van der Waals surface area contributed by atoms with E-state index in [2.05, 4.69) is 43.2 Å². The van der Waals surface area contributed by atoms with E-state index in [4.69, 9.17) is 0 Å². The molecule has 0 atom stereocenters. The van der Waals surface area contributed by atoms with Crippen molar-refractivity contribution in [1.29, 1.82) is 0 Å². The van der Waals surface area contributed by atoms with Gasteiger partial charge in [-0.2, -0.15) is 0 Å². The number of carbonyl (C=O) groups excluding carboxylic acids is 1. The average molecular weight is 614 g/mol. The number of carbonyl (C=O) groups is 1. The highest BCUT2D eigenvalue weighted by atomic mass is 127. The van der Waals surface area contributed by atoms with Crippen LogP contribution in [0.5, 0.6) is 0 Å². The molecule has 0 aliphatic heterocycles. The fourth-order valence-corrected chi connectivity index (χ4v) is 5.88. The number of benzene rings is 1. The Morgan fingerprint density at radius 1 is 1.21 bits per heavy atom. The van der Waals surface area contributed by atoms with Crippen LogP contribution in [-0.4, -0.2) is 36.0 Å². The Morgan fingerprint density at radius 2 is 1.94 bits per heavy atom. The minimum Gasteiger partial charge on any atom is -0.386 e. The van der Waals surface area contributed by atoms with Crippen molar-refractivity contribution >= 4 is 72.4 Å². The lowest BCUT2D eigenvalue weighted by Crippen LogP contribution is -2.34. The van der Waals surface area contributed by atoms with Crippen molar-refractivity contribution in [2.24, 2.45) is 0 Å². The minimum absolute atomic E-state index is 0.0135. The van der Waals surface area contributed by atoms with Gasteiger partial charge in [-0.25, -0.2) is 32.3 Å². The number of urea groups is 1. The molecule has 3 aromatic heterocycles. The van der Waals surface area contributed by atoms with Gasteiger partial charge in [0, 0.05) is 22.5 Å². The average Bonchev–Trinajstić information content (AvgIpc) is 3.30. The largest absolute Gasteiger partial charge is 0.386 e. The number of anilines is 2. The first-order valence-corrected chi connectivity index (χ1v) is 13.4. The van der Waals surface area contributed by atoms with Crippen LogP contribution in [0.15, 0.2) is 57.9 Å². The third kappa shape index (κ3) is 4.88. The van der Waals surface area contributed by atoms with Crippen LogP contribution < -0.4 is 20.9 Å². The molecule has 0 spiro atoms. The topological polar surface area (TPSA) is 135 Å². The maximum absolute atomic E-state index is 14.1. The van der Waals surface area contributed by atoms with Gasteiger partial charge in [0.15, 0.2) is 0 Å². The summed E-state index contributed by atoms with van der Waals surface area (Å²) in [6.07, 6.45) is 4.04. The number of aromatic nitrogens is 3. The molecular formula is C20H16FIN6O4S2.